The van der Waals surface area contributed by atoms with Crippen LogP contribution in [0, 0.1) is 6.92 Å². The Balaban J connectivity index is 1.66. The first-order chi connectivity index (χ1) is 15.7. The van der Waals surface area contributed by atoms with Gasteiger partial charge in [0.2, 0.25) is 0 Å². The van der Waals surface area contributed by atoms with Crippen LogP contribution in [0.5, 0.6) is 5.75 Å². The summed E-state index contributed by atoms with van der Waals surface area (Å²) in [6.45, 7) is 4.47. The van der Waals surface area contributed by atoms with Crippen LogP contribution in [-0.4, -0.2) is 30.0 Å². The van der Waals surface area contributed by atoms with Crippen LogP contribution in [0.1, 0.15) is 24.5 Å². The summed E-state index contributed by atoms with van der Waals surface area (Å²) < 4.78 is 62.0. The number of hydrogen-bond donors (Lipinski definition) is 1. The second-order valence-corrected chi connectivity index (χ2v) is 11.3. The maximum absolute atomic E-state index is 13.3. The maximum atomic E-state index is 13.3. The molecule has 1 aliphatic heterocycles. The van der Waals surface area contributed by atoms with Gasteiger partial charge in [0.25, 0.3) is 20.0 Å². The van der Waals surface area contributed by atoms with Gasteiger partial charge in [0.15, 0.2) is 0 Å². The smallest absolute Gasteiger partial charge is 0.264 e. The first-order valence-electron chi connectivity index (χ1n) is 10.7. The SMILES string of the molecule is CCOc1ccc(S(=O)(=O)Nc2ccc3c(c2)N(S(=O)(=O)c2ccccc2)CCC3)cc1C. The molecular formula is C24H26N2O5S2. The van der Waals surface area contributed by atoms with E-state index in [9.17, 15) is 16.8 Å². The molecule has 0 radical (unpaired) electrons. The van der Waals surface area contributed by atoms with Gasteiger partial charge in [0, 0.05) is 6.54 Å². The van der Waals surface area contributed by atoms with Gasteiger partial charge in [0.1, 0.15) is 5.75 Å². The molecule has 3 aromatic carbocycles. The Labute approximate surface area is 195 Å². The molecular weight excluding hydrogens is 460 g/mol. The molecule has 0 saturated heterocycles. The van der Waals surface area contributed by atoms with Crippen LogP contribution < -0.4 is 13.8 Å². The summed E-state index contributed by atoms with van der Waals surface area (Å²) in [5.41, 5.74) is 2.37. The van der Waals surface area contributed by atoms with Crippen LogP contribution in [0.4, 0.5) is 11.4 Å². The van der Waals surface area contributed by atoms with E-state index >= 15 is 0 Å². The van der Waals surface area contributed by atoms with Gasteiger partial charge >= 0.3 is 0 Å². The Kier molecular flexibility index (Phi) is 6.36. The monoisotopic (exact) mass is 486 g/mol. The van der Waals surface area contributed by atoms with Crippen LogP contribution in [0.2, 0.25) is 0 Å². The lowest BCUT2D eigenvalue weighted by atomic mass is 10.0. The number of rotatable bonds is 7. The van der Waals surface area contributed by atoms with Gasteiger partial charge < -0.3 is 4.74 Å². The molecule has 0 aromatic heterocycles. The van der Waals surface area contributed by atoms with E-state index in [1.54, 1.807) is 67.6 Å². The largest absolute Gasteiger partial charge is 0.494 e. The average Bonchev–Trinajstić information content (AvgIpc) is 2.80. The first kappa shape index (κ1) is 23.1. The van der Waals surface area contributed by atoms with Gasteiger partial charge in [-0.2, -0.15) is 0 Å². The number of fused-ring (bicyclic) bond motifs is 1. The minimum Gasteiger partial charge on any atom is -0.494 e. The lowest BCUT2D eigenvalue weighted by molar-refractivity contribution is 0.337. The fourth-order valence-corrected chi connectivity index (χ4v) is 6.58. The number of ether oxygens (including phenoxy) is 1. The van der Waals surface area contributed by atoms with Crippen molar-refractivity contribution in [3.8, 4) is 5.75 Å². The topological polar surface area (TPSA) is 92.8 Å². The van der Waals surface area contributed by atoms with Crippen molar-refractivity contribution in [2.75, 3.05) is 22.2 Å². The predicted molar refractivity (Wildman–Crippen MR) is 129 cm³/mol. The van der Waals surface area contributed by atoms with Gasteiger partial charge in [-0.05, 0) is 80.3 Å². The molecule has 1 N–H and O–H groups in total. The van der Waals surface area contributed by atoms with Crippen LogP contribution in [0.3, 0.4) is 0 Å². The van der Waals surface area contributed by atoms with Crippen LogP contribution in [0.15, 0.2) is 76.5 Å². The van der Waals surface area contributed by atoms with E-state index < -0.39 is 20.0 Å². The molecule has 0 aliphatic carbocycles. The van der Waals surface area contributed by atoms with E-state index in [1.807, 2.05) is 6.92 Å². The van der Waals surface area contributed by atoms with Crippen molar-refractivity contribution in [1.29, 1.82) is 0 Å². The van der Waals surface area contributed by atoms with Gasteiger partial charge in [-0.25, -0.2) is 16.8 Å². The first-order valence-corrected chi connectivity index (χ1v) is 13.6. The third-order valence-corrected chi connectivity index (χ3v) is 8.71. The second kappa shape index (κ2) is 9.07. The molecule has 174 valence electrons. The predicted octanol–water partition coefficient (Wildman–Crippen LogP) is 4.34. The molecule has 0 saturated carbocycles. The van der Waals surface area contributed by atoms with Crippen molar-refractivity contribution in [2.24, 2.45) is 0 Å². The number of benzene rings is 3. The molecule has 1 heterocycles. The zero-order valence-corrected chi connectivity index (χ0v) is 20.1. The molecule has 0 atom stereocenters. The maximum Gasteiger partial charge on any atom is 0.264 e. The van der Waals surface area contributed by atoms with Crippen molar-refractivity contribution in [3.05, 3.63) is 77.9 Å². The number of aryl methyl sites for hydroxylation is 2. The third kappa shape index (κ3) is 4.69. The lowest BCUT2D eigenvalue weighted by Crippen LogP contribution is -2.35. The minimum absolute atomic E-state index is 0.106. The van der Waals surface area contributed by atoms with Crippen molar-refractivity contribution < 1.29 is 21.6 Å². The summed E-state index contributed by atoms with van der Waals surface area (Å²) in [6.07, 6.45) is 1.41. The lowest BCUT2D eigenvalue weighted by Gasteiger charge is -2.31. The highest BCUT2D eigenvalue weighted by molar-refractivity contribution is 7.93. The number of hydrogen-bond acceptors (Lipinski definition) is 5. The summed E-state index contributed by atoms with van der Waals surface area (Å²) in [6, 6.07) is 18.0. The van der Waals surface area contributed by atoms with Crippen molar-refractivity contribution in [3.63, 3.8) is 0 Å². The molecule has 0 spiro atoms. The van der Waals surface area contributed by atoms with Crippen LogP contribution in [0.25, 0.3) is 0 Å². The zero-order valence-electron chi connectivity index (χ0n) is 18.5. The second-order valence-electron chi connectivity index (χ2n) is 7.80. The summed E-state index contributed by atoms with van der Waals surface area (Å²) in [4.78, 5) is 0.309. The quantitative estimate of drug-likeness (QED) is 0.536. The molecule has 3 aromatic rings. The molecule has 9 heteroatoms. The summed E-state index contributed by atoms with van der Waals surface area (Å²) in [5, 5.41) is 0. The number of nitrogens with zero attached hydrogens (tertiary/aromatic N) is 1. The minimum atomic E-state index is -3.87. The Morgan fingerprint density at radius 2 is 1.70 bits per heavy atom. The molecule has 7 nitrogen and oxygen atoms in total. The van der Waals surface area contributed by atoms with E-state index in [0.717, 1.165) is 12.0 Å². The van der Waals surface area contributed by atoms with Crippen LogP contribution >= 0.6 is 0 Å². The Bertz CT molecular complexity index is 1370. The highest BCUT2D eigenvalue weighted by Crippen LogP contribution is 2.35. The highest BCUT2D eigenvalue weighted by atomic mass is 32.2. The Morgan fingerprint density at radius 1 is 0.939 bits per heavy atom. The zero-order chi connectivity index (χ0) is 23.6. The molecule has 0 bridgehead atoms. The Hall–Kier alpha value is -3.04. The van der Waals surface area contributed by atoms with E-state index in [4.69, 9.17) is 4.74 Å². The van der Waals surface area contributed by atoms with Crippen LogP contribution in [-0.2, 0) is 26.5 Å². The van der Waals surface area contributed by atoms with Crippen molar-refractivity contribution >= 4 is 31.4 Å². The van der Waals surface area contributed by atoms with E-state index in [2.05, 4.69) is 4.72 Å². The fraction of sp³-hybridized carbons (Fsp3) is 0.250. The molecule has 1 aliphatic rings. The standard InChI is InChI=1S/C24H26N2O5S2/c1-3-31-24-14-13-22(16-18(24)2)32(27,28)25-20-12-11-19-8-7-15-26(23(19)17-20)33(29,30)21-9-5-4-6-10-21/h4-6,9-14,16-17,25H,3,7-8,15H2,1-2H3. The fourth-order valence-electron chi connectivity index (χ4n) is 3.89. The highest BCUT2D eigenvalue weighted by Gasteiger charge is 2.29. The van der Waals surface area contributed by atoms with Crippen molar-refractivity contribution in [2.45, 2.75) is 36.5 Å². The van der Waals surface area contributed by atoms with E-state index in [-0.39, 0.29) is 9.79 Å². The van der Waals surface area contributed by atoms with Crippen molar-refractivity contribution in [1.82, 2.24) is 0 Å². The number of sulfonamides is 2. The van der Waals surface area contributed by atoms with Gasteiger partial charge in [0.05, 0.1) is 27.8 Å². The van der Waals surface area contributed by atoms with Gasteiger partial charge in [-0.15, -0.1) is 0 Å². The van der Waals surface area contributed by atoms with Gasteiger partial charge in [-0.1, -0.05) is 24.3 Å². The summed E-state index contributed by atoms with van der Waals surface area (Å²) >= 11 is 0. The normalized spacial score (nSPS) is 13.9. The average molecular weight is 487 g/mol. The number of nitrogens with one attached hydrogen (secondary N) is 1. The van der Waals surface area contributed by atoms with E-state index in [0.29, 0.717) is 42.3 Å². The van der Waals surface area contributed by atoms with Gasteiger partial charge in [-0.3, -0.25) is 9.03 Å². The Morgan fingerprint density at radius 3 is 2.39 bits per heavy atom. The van der Waals surface area contributed by atoms with E-state index in [1.165, 1.54) is 10.4 Å². The summed E-state index contributed by atoms with van der Waals surface area (Å²) in [5.74, 6) is 0.631. The molecule has 0 fully saturated rings. The molecule has 0 unspecified atom stereocenters. The molecule has 4 rings (SSSR count). The summed E-state index contributed by atoms with van der Waals surface area (Å²) in [7, 11) is -7.63. The molecule has 0 amide bonds. The third-order valence-electron chi connectivity index (χ3n) is 5.50. The molecule has 33 heavy (non-hydrogen) atoms. The number of anilines is 2.